The Balaban J connectivity index is 1.63. The zero-order valence-electron chi connectivity index (χ0n) is 8.12. The Kier molecular flexibility index (Phi) is 3.58. The van der Waals surface area contributed by atoms with E-state index in [0.717, 1.165) is 22.6 Å². The first kappa shape index (κ1) is 10.9. The van der Waals surface area contributed by atoms with Gasteiger partial charge < -0.3 is 10.6 Å². The Labute approximate surface area is 101 Å². The molecule has 0 atom stereocenters. The quantitative estimate of drug-likeness (QED) is 0.872. The first-order valence-corrected chi connectivity index (χ1v) is 6.55. The van der Waals surface area contributed by atoms with Gasteiger partial charge >= 0.3 is 0 Å². The molecule has 1 aromatic rings. The average molecular weight is 290 g/mol. The number of anilines is 1. The lowest BCUT2D eigenvalue weighted by molar-refractivity contribution is -0.120. The molecule has 82 valence electrons. The van der Waals surface area contributed by atoms with Gasteiger partial charge in [-0.2, -0.15) is 0 Å². The lowest BCUT2D eigenvalue weighted by Gasteiger charge is -2.03. The molecule has 0 saturated heterocycles. The third kappa shape index (κ3) is 3.79. The molecule has 1 aromatic heterocycles. The van der Waals surface area contributed by atoms with Crippen LogP contribution in [0.15, 0.2) is 9.98 Å². The van der Waals surface area contributed by atoms with E-state index in [1.165, 1.54) is 11.3 Å². The average Bonchev–Trinajstić information content (AvgIpc) is 2.89. The fourth-order valence-electron chi connectivity index (χ4n) is 1.15. The molecule has 0 bridgehead atoms. The molecule has 1 aliphatic carbocycles. The summed E-state index contributed by atoms with van der Waals surface area (Å²) in [6.45, 7) is 0.637. The molecule has 2 N–H and O–H groups in total. The van der Waals surface area contributed by atoms with Gasteiger partial charge in [0.25, 0.3) is 0 Å². The minimum absolute atomic E-state index is 0.126. The van der Waals surface area contributed by atoms with Gasteiger partial charge in [0.1, 0.15) is 4.60 Å². The van der Waals surface area contributed by atoms with Crippen molar-refractivity contribution in [1.82, 2.24) is 10.3 Å². The molecule has 0 radical (unpaired) electrons. The van der Waals surface area contributed by atoms with Crippen LogP contribution < -0.4 is 10.6 Å². The van der Waals surface area contributed by atoms with Crippen LogP contribution in [0.25, 0.3) is 0 Å². The predicted molar refractivity (Wildman–Crippen MR) is 64.1 cm³/mol. The zero-order chi connectivity index (χ0) is 10.7. The third-order valence-electron chi connectivity index (χ3n) is 2.05. The van der Waals surface area contributed by atoms with E-state index in [1.54, 1.807) is 0 Å². The van der Waals surface area contributed by atoms with E-state index >= 15 is 0 Å². The van der Waals surface area contributed by atoms with E-state index in [1.807, 2.05) is 5.38 Å². The second-order valence-electron chi connectivity index (χ2n) is 3.49. The summed E-state index contributed by atoms with van der Waals surface area (Å²) >= 11 is 4.80. The summed E-state index contributed by atoms with van der Waals surface area (Å²) in [5, 5.41) is 8.80. The Morgan fingerprint density at radius 2 is 2.47 bits per heavy atom. The van der Waals surface area contributed by atoms with Gasteiger partial charge in [0.05, 0.1) is 0 Å². The van der Waals surface area contributed by atoms with E-state index in [0.29, 0.717) is 19.0 Å². The molecule has 1 fully saturated rings. The van der Waals surface area contributed by atoms with Crippen LogP contribution in [0.1, 0.15) is 19.3 Å². The molecule has 1 saturated carbocycles. The maximum atomic E-state index is 11.3. The number of aromatic nitrogens is 1. The van der Waals surface area contributed by atoms with Crippen molar-refractivity contribution >= 4 is 38.3 Å². The Morgan fingerprint density at radius 3 is 3.07 bits per heavy atom. The second kappa shape index (κ2) is 4.94. The highest BCUT2D eigenvalue weighted by molar-refractivity contribution is 9.10. The van der Waals surface area contributed by atoms with E-state index in [2.05, 4.69) is 31.5 Å². The highest BCUT2D eigenvalue weighted by Crippen LogP contribution is 2.20. The number of carbonyl (C=O) groups is 1. The van der Waals surface area contributed by atoms with Crippen LogP contribution in [0.5, 0.6) is 0 Å². The molecule has 0 spiro atoms. The van der Waals surface area contributed by atoms with Crippen molar-refractivity contribution in [1.29, 1.82) is 0 Å². The molecule has 15 heavy (non-hydrogen) atoms. The molecule has 6 heteroatoms. The first-order valence-electron chi connectivity index (χ1n) is 4.88. The molecule has 0 aromatic carbocycles. The van der Waals surface area contributed by atoms with Gasteiger partial charge in [0, 0.05) is 24.4 Å². The van der Waals surface area contributed by atoms with Crippen LogP contribution in [-0.4, -0.2) is 23.5 Å². The molecule has 1 aliphatic rings. The van der Waals surface area contributed by atoms with E-state index in [-0.39, 0.29) is 5.91 Å². The monoisotopic (exact) mass is 289 g/mol. The summed E-state index contributed by atoms with van der Waals surface area (Å²) in [5.74, 6) is 0.126. The molecule has 1 amide bonds. The van der Waals surface area contributed by atoms with Gasteiger partial charge in [-0.05, 0) is 28.8 Å². The highest BCUT2D eigenvalue weighted by Gasteiger charge is 2.22. The molecular formula is C9H12BrN3OS. The normalized spacial score (nSPS) is 15.0. The maximum Gasteiger partial charge on any atom is 0.221 e. The number of hydrogen-bond acceptors (Lipinski definition) is 4. The molecule has 0 unspecified atom stereocenters. The van der Waals surface area contributed by atoms with E-state index < -0.39 is 0 Å². The number of nitrogens with one attached hydrogen (secondary N) is 2. The van der Waals surface area contributed by atoms with Gasteiger partial charge in [0.15, 0.2) is 5.13 Å². The molecular weight excluding hydrogens is 278 g/mol. The van der Waals surface area contributed by atoms with Gasteiger partial charge in [-0.15, -0.1) is 11.3 Å². The molecule has 0 aliphatic heterocycles. The first-order chi connectivity index (χ1) is 7.24. The standard InChI is InChI=1S/C9H12BrN3OS/c10-7-5-15-9(13-7)11-4-3-8(14)12-6-1-2-6/h5-6H,1-4H2,(H,11,13)(H,12,14). The number of rotatable bonds is 5. The topological polar surface area (TPSA) is 54.0 Å². The summed E-state index contributed by atoms with van der Waals surface area (Å²) < 4.78 is 0.831. The van der Waals surface area contributed by atoms with Crippen LogP contribution in [-0.2, 0) is 4.79 Å². The summed E-state index contributed by atoms with van der Waals surface area (Å²) in [6.07, 6.45) is 2.78. The minimum atomic E-state index is 0.126. The minimum Gasteiger partial charge on any atom is -0.361 e. The smallest absolute Gasteiger partial charge is 0.221 e. The van der Waals surface area contributed by atoms with Crippen LogP contribution >= 0.6 is 27.3 Å². The molecule has 1 heterocycles. The summed E-state index contributed by atoms with van der Waals surface area (Å²) in [7, 11) is 0. The summed E-state index contributed by atoms with van der Waals surface area (Å²) in [5.41, 5.74) is 0. The predicted octanol–water partition coefficient (Wildman–Crippen LogP) is 1.99. The van der Waals surface area contributed by atoms with Crippen molar-refractivity contribution in [2.45, 2.75) is 25.3 Å². The van der Waals surface area contributed by atoms with E-state index in [4.69, 9.17) is 0 Å². The number of nitrogens with zero attached hydrogens (tertiary/aromatic N) is 1. The zero-order valence-corrected chi connectivity index (χ0v) is 10.5. The Bertz CT molecular complexity index is 351. The fourth-order valence-corrected chi connectivity index (χ4v) is 2.32. The van der Waals surface area contributed by atoms with E-state index in [9.17, 15) is 4.79 Å². The van der Waals surface area contributed by atoms with Crippen LogP contribution in [0.4, 0.5) is 5.13 Å². The van der Waals surface area contributed by atoms with Crippen molar-refractivity contribution in [3.8, 4) is 0 Å². The molecule has 4 nitrogen and oxygen atoms in total. The summed E-state index contributed by atoms with van der Waals surface area (Å²) in [4.78, 5) is 15.5. The Morgan fingerprint density at radius 1 is 1.67 bits per heavy atom. The largest absolute Gasteiger partial charge is 0.361 e. The van der Waals surface area contributed by atoms with Gasteiger partial charge in [-0.25, -0.2) is 4.98 Å². The van der Waals surface area contributed by atoms with Crippen LogP contribution in [0.3, 0.4) is 0 Å². The van der Waals surface area contributed by atoms with Crippen molar-refractivity contribution in [3.05, 3.63) is 9.98 Å². The lowest BCUT2D eigenvalue weighted by atomic mass is 10.4. The second-order valence-corrected chi connectivity index (χ2v) is 5.16. The fraction of sp³-hybridized carbons (Fsp3) is 0.556. The van der Waals surface area contributed by atoms with Gasteiger partial charge in [-0.3, -0.25) is 4.79 Å². The van der Waals surface area contributed by atoms with Gasteiger partial charge in [0.2, 0.25) is 5.91 Å². The maximum absolute atomic E-state index is 11.3. The lowest BCUT2D eigenvalue weighted by Crippen LogP contribution is -2.27. The molecule has 2 rings (SSSR count). The van der Waals surface area contributed by atoms with Crippen molar-refractivity contribution in [2.75, 3.05) is 11.9 Å². The number of thiazole rings is 1. The van der Waals surface area contributed by atoms with Crippen molar-refractivity contribution < 1.29 is 4.79 Å². The van der Waals surface area contributed by atoms with Crippen LogP contribution in [0.2, 0.25) is 0 Å². The van der Waals surface area contributed by atoms with Gasteiger partial charge in [-0.1, -0.05) is 0 Å². The van der Waals surface area contributed by atoms with Crippen molar-refractivity contribution in [3.63, 3.8) is 0 Å². The number of hydrogen-bond donors (Lipinski definition) is 2. The third-order valence-corrected chi connectivity index (χ3v) is 3.56. The SMILES string of the molecule is O=C(CCNc1nc(Br)cs1)NC1CC1. The summed E-state index contributed by atoms with van der Waals surface area (Å²) in [6, 6.07) is 0.450. The van der Waals surface area contributed by atoms with Crippen LogP contribution in [0, 0.1) is 0 Å². The number of carbonyl (C=O) groups excluding carboxylic acids is 1. The number of amides is 1. The Hall–Kier alpha value is -0.620. The highest BCUT2D eigenvalue weighted by atomic mass is 79.9. The number of halogens is 1. The van der Waals surface area contributed by atoms with Crippen molar-refractivity contribution in [2.24, 2.45) is 0 Å².